The number of aliphatic hydroxyl groups excluding tert-OH is 1. The maximum atomic E-state index is 12.0. The lowest BCUT2D eigenvalue weighted by Gasteiger charge is -2.09. The molecule has 29 heavy (non-hydrogen) atoms. The lowest BCUT2D eigenvalue weighted by Crippen LogP contribution is -2.18. The van der Waals surface area contributed by atoms with E-state index in [1.54, 1.807) is 35.0 Å². The SMILES string of the molecule is O=C(CC[C@H](O)c1ccccc1)N/N=C\c1cccn1-c1ccc([N+](=O)[O-])cc1. The molecule has 0 aliphatic rings. The maximum Gasteiger partial charge on any atom is 0.269 e. The number of nitro groups is 1. The molecular weight excluding hydrogens is 372 g/mol. The average molecular weight is 392 g/mol. The molecule has 148 valence electrons. The van der Waals surface area contributed by atoms with Gasteiger partial charge in [0.05, 0.1) is 22.9 Å². The molecular formula is C21H20N4O4. The van der Waals surface area contributed by atoms with Gasteiger partial charge in [0.1, 0.15) is 0 Å². The van der Waals surface area contributed by atoms with E-state index in [1.807, 2.05) is 30.3 Å². The van der Waals surface area contributed by atoms with Crippen LogP contribution >= 0.6 is 0 Å². The van der Waals surface area contributed by atoms with Crippen LogP contribution in [0.1, 0.15) is 30.2 Å². The Hall–Kier alpha value is -3.78. The van der Waals surface area contributed by atoms with Crippen LogP contribution in [0.4, 0.5) is 5.69 Å². The van der Waals surface area contributed by atoms with Gasteiger partial charge in [0.2, 0.25) is 5.91 Å². The predicted molar refractivity (Wildman–Crippen MR) is 109 cm³/mol. The Morgan fingerprint density at radius 1 is 1.14 bits per heavy atom. The van der Waals surface area contributed by atoms with Gasteiger partial charge in [0, 0.05) is 30.4 Å². The van der Waals surface area contributed by atoms with E-state index in [2.05, 4.69) is 10.5 Å². The van der Waals surface area contributed by atoms with Crippen molar-refractivity contribution >= 4 is 17.8 Å². The van der Waals surface area contributed by atoms with E-state index < -0.39 is 11.0 Å². The molecule has 0 aliphatic carbocycles. The Morgan fingerprint density at radius 3 is 2.55 bits per heavy atom. The van der Waals surface area contributed by atoms with E-state index in [9.17, 15) is 20.0 Å². The monoisotopic (exact) mass is 392 g/mol. The van der Waals surface area contributed by atoms with Crippen LogP contribution in [0.15, 0.2) is 78.0 Å². The van der Waals surface area contributed by atoms with Gasteiger partial charge in [-0.2, -0.15) is 5.10 Å². The van der Waals surface area contributed by atoms with E-state index in [4.69, 9.17) is 0 Å². The van der Waals surface area contributed by atoms with Gasteiger partial charge in [-0.05, 0) is 36.2 Å². The van der Waals surface area contributed by atoms with Crippen molar-refractivity contribution in [1.29, 1.82) is 0 Å². The number of aromatic nitrogens is 1. The summed E-state index contributed by atoms with van der Waals surface area (Å²) in [5.41, 5.74) is 4.66. The van der Waals surface area contributed by atoms with Crippen LogP contribution in [0.5, 0.6) is 0 Å². The summed E-state index contributed by atoms with van der Waals surface area (Å²) in [5, 5.41) is 24.8. The summed E-state index contributed by atoms with van der Waals surface area (Å²) >= 11 is 0. The van der Waals surface area contributed by atoms with E-state index in [-0.39, 0.29) is 18.0 Å². The number of amides is 1. The van der Waals surface area contributed by atoms with Crippen molar-refractivity contribution < 1.29 is 14.8 Å². The lowest BCUT2D eigenvalue weighted by atomic mass is 10.1. The summed E-state index contributed by atoms with van der Waals surface area (Å²) in [6, 6.07) is 18.9. The summed E-state index contributed by atoms with van der Waals surface area (Å²) in [7, 11) is 0. The zero-order valence-electron chi connectivity index (χ0n) is 15.5. The van der Waals surface area contributed by atoms with Crippen molar-refractivity contribution in [3.05, 3.63) is 94.3 Å². The van der Waals surface area contributed by atoms with Crippen LogP contribution in [-0.2, 0) is 4.79 Å². The molecule has 1 heterocycles. The molecule has 1 aromatic heterocycles. The maximum absolute atomic E-state index is 12.0. The van der Waals surface area contributed by atoms with Crippen molar-refractivity contribution in [3.63, 3.8) is 0 Å². The summed E-state index contributed by atoms with van der Waals surface area (Å²) < 4.78 is 1.79. The summed E-state index contributed by atoms with van der Waals surface area (Å²) in [6.45, 7) is 0. The first-order valence-corrected chi connectivity index (χ1v) is 9.01. The fourth-order valence-corrected chi connectivity index (χ4v) is 2.81. The molecule has 3 aromatic rings. The van der Waals surface area contributed by atoms with E-state index in [0.717, 1.165) is 11.3 Å². The normalized spacial score (nSPS) is 12.0. The highest BCUT2D eigenvalue weighted by Gasteiger charge is 2.10. The number of rotatable bonds is 8. The largest absolute Gasteiger partial charge is 0.388 e. The quantitative estimate of drug-likeness (QED) is 0.348. The fourth-order valence-electron chi connectivity index (χ4n) is 2.81. The van der Waals surface area contributed by atoms with Crippen LogP contribution in [0.2, 0.25) is 0 Å². The second kappa shape index (κ2) is 9.43. The third-order valence-corrected chi connectivity index (χ3v) is 4.33. The molecule has 0 saturated carbocycles. The molecule has 0 bridgehead atoms. The van der Waals surface area contributed by atoms with Crippen LogP contribution < -0.4 is 5.43 Å². The number of carbonyl (C=O) groups is 1. The van der Waals surface area contributed by atoms with Crippen LogP contribution in [-0.4, -0.2) is 26.7 Å². The van der Waals surface area contributed by atoms with Crippen molar-refractivity contribution in [3.8, 4) is 5.69 Å². The van der Waals surface area contributed by atoms with Gasteiger partial charge in [-0.3, -0.25) is 14.9 Å². The van der Waals surface area contributed by atoms with Gasteiger partial charge < -0.3 is 9.67 Å². The number of nitrogens with one attached hydrogen (secondary N) is 1. The summed E-state index contributed by atoms with van der Waals surface area (Å²) in [5.74, 6) is -0.301. The molecule has 2 N–H and O–H groups in total. The van der Waals surface area contributed by atoms with Gasteiger partial charge in [-0.15, -0.1) is 0 Å². The first-order valence-electron chi connectivity index (χ1n) is 9.01. The number of aliphatic hydroxyl groups is 1. The molecule has 1 amide bonds. The highest BCUT2D eigenvalue weighted by molar-refractivity contribution is 5.81. The Kier molecular flexibility index (Phi) is 6.49. The summed E-state index contributed by atoms with van der Waals surface area (Å²) in [6.07, 6.45) is 3.01. The number of hydrazone groups is 1. The topological polar surface area (TPSA) is 110 Å². The van der Waals surface area contributed by atoms with Crippen LogP contribution in [0.3, 0.4) is 0 Å². The van der Waals surface area contributed by atoms with E-state index in [1.165, 1.54) is 18.3 Å². The minimum atomic E-state index is -0.703. The van der Waals surface area contributed by atoms with Crippen molar-refractivity contribution in [2.24, 2.45) is 5.10 Å². The van der Waals surface area contributed by atoms with Gasteiger partial charge >= 0.3 is 0 Å². The average Bonchev–Trinajstić information content (AvgIpc) is 3.21. The Labute approximate surface area is 167 Å². The highest BCUT2D eigenvalue weighted by Crippen LogP contribution is 2.18. The number of nitro benzene ring substituents is 1. The van der Waals surface area contributed by atoms with Gasteiger partial charge in [-0.1, -0.05) is 30.3 Å². The van der Waals surface area contributed by atoms with Crippen LogP contribution in [0, 0.1) is 10.1 Å². The zero-order valence-corrected chi connectivity index (χ0v) is 15.5. The zero-order chi connectivity index (χ0) is 20.6. The number of hydrogen-bond donors (Lipinski definition) is 2. The van der Waals surface area contributed by atoms with Crippen molar-refractivity contribution in [2.45, 2.75) is 18.9 Å². The predicted octanol–water partition coefficient (Wildman–Crippen LogP) is 3.35. The van der Waals surface area contributed by atoms with Crippen LogP contribution in [0.25, 0.3) is 5.69 Å². The molecule has 2 aromatic carbocycles. The molecule has 0 fully saturated rings. The third-order valence-electron chi connectivity index (χ3n) is 4.33. The number of benzene rings is 2. The number of non-ortho nitro benzene ring substituents is 1. The fraction of sp³-hybridized carbons (Fsp3) is 0.143. The Morgan fingerprint density at radius 2 is 1.86 bits per heavy atom. The smallest absolute Gasteiger partial charge is 0.269 e. The first-order chi connectivity index (χ1) is 14.0. The molecule has 0 saturated heterocycles. The number of carbonyl (C=O) groups excluding carboxylic acids is 1. The van der Waals surface area contributed by atoms with Gasteiger partial charge in [0.25, 0.3) is 5.69 Å². The Bertz CT molecular complexity index is 997. The second-order valence-electron chi connectivity index (χ2n) is 6.33. The van der Waals surface area contributed by atoms with Crippen molar-refractivity contribution in [1.82, 2.24) is 9.99 Å². The minimum Gasteiger partial charge on any atom is -0.388 e. The standard InChI is InChI=1S/C21H20N4O4/c26-20(16-5-2-1-3-6-16)12-13-21(27)23-22-15-19-7-4-14-24(19)17-8-10-18(11-9-17)25(28)29/h1-11,14-15,20,26H,12-13H2,(H,23,27)/b22-15-/t20-/m0/s1. The van der Waals surface area contributed by atoms with E-state index in [0.29, 0.717) is 12.1 Å². The Balaban J connectivity index is 1.55. The lowest BCUT2D eigenvalue weighted by molar-refractivity contribution is -0.384. The highest BCUT2D eigenvalue weighted by atomic mass is 16.6. The first kappa shape index (κ1) is 20.0. The molecule has 0 unspecified atom stereocenters. The molecule has 8 heteroatoms. The van der Waals surface area contributed by atoms with Gasteiger partial charge in [-0.25, -0.2) is 5.43 Å². The number of nitrogens with zero attached hydrogens (tertiary/aromatic N) is 3. The van der Waals surface area contributed by atoms with E-state index >= 15 is 0 Å². The van der Waals surface area contributed by atoms with Crippen molar-refractivity contribution in [2.75, 3.05) is 0 Å². The molecule has 0 radical (unpaired) electrons. The van der Waals surface area contributed by atoms with Gasteiger partial charge in [0.15, 0.2) is 0 Å². The molecule has 0 spiro atoms. The minimum absolute atomic E-state index is 0.0149. The molecule has 1 atom stereocenters. The molecule has 0 aliphatic heterocycles. The summed E-state index contributed by atoms with van der Waals surface area (Å²) in [4.78, 5) is 22.3. The molecule has 3 rings (SSSR count). The number of hydrogen-bond acceptors (Lipinski definition) is 5. The third kappa shape index (κ3) is 5.36. The second-order valence-corrected chi connectivity index (χ2v) is 6.33. The molecule has 8 nitrogen and oxygen atoms in total.